The molecule has 6 aliphatic rings. The number of benzene rings is 6. The van der Waals surface area contributed by atoms with Crippen LogP contribution < -0.4 is 9.80 Å². The normalized spacial score (nSPS) is 20.7. The molecule has 0 heterocycles. The Morgan fingerprint density at radius 3 is 1.77 bits per heavy atom. The highest BCUT2D eigenvalue weighted by Gasteiger charge is 2.44. The van der Waals surface area contributed by atoms with Crippen molar-refractivity contribution in [2.24, 2.45) is 16.7 Å². The SMILES string of the molecule is CC1=C(/C=C\C(C)C2(C)C=C3C(=CC2)c2ccc(N(c4ccccc4)c4ccccc4)cc2C3(C)C)C2=CC=C=C(c3ccc4c(c3)C(C)(C)c3cc(N(C5=CCCC=C5)c5ccccc5)ccc3-4)C=C2C1(C)C. The first-order chi connectivity index (χ1) is 35.6. The Hall–Kier alpha value is -7.64. The minimum absolute atomic E-state index is 0.0422. The molecule has 366 valence electrons. The summed E-state index contributed by atoms with van der Waals surface area (Å²) in [5.74, 6) is 0.305. The summed E-state index contributed by atoms with van der Waals surface area (Å²) in [6, 6.07) is 53.6. The maximum absolute atomic E-state index is 3.76. The Morgan fingerprint density at radius 2 is 1.14 bits per heavy atom. The zero-order valence-electron chi connectivity index (χ0n) is 44.7. The molecule has 2 atom stereocenters. The third-order valence-corrected chi connectivity index (χ3v) is 17.9. The monoisotopic (exact) mass is 961 g/mol. The fourth-order valence-corrected chi connectivity index (χ4v) is 12.9. The Labute approximate surface area is 440 Å². The van der Waals surface area contributed by atoms with Gasteiger partial charge in [-0.1, -0.05) is 176 Å². The van der Waals surface area contributed by atoms with Crippen LogP contribution in [0.1, 0.15) is 109 Å². The molecule has 12 rings (SSSR count). The van der Waals surface area contributed by atoms with Gasteiger partial charge in [0.2, 0.25) is 0 Å². The Balaban J connectivity index is 0.801. The minimum atomic E-state index is -0.183. The van der Waals surface area contributed by atoms with Crippen LogP contribution in [0.2, 0.25) is 0 Å². The predicted molar refractivity (Wildman–Crippen MR) is 314 cm³/mol. The molecule has 0 bridgehead atoms. The number of anilines is 5. The average Bonchev–Trinajstić information content (AvgIpc) is 3.72. The van der Waals surface area contributed by atoms with Crippen LogP contribution in [-0.4, -0.2) is 0 Å². The van der Waals surface area contributed by atoms with E-state index in [4.69, 9.17) is 0 Å². The maximum atomic E-state index is 3.76. The van der Waals surface area contributed by atoms with Crippen LogP contribution in [0.5, 0.6) is 0 Å². The summed E-state index contributed by atoms with van der Waals surface area (Å²) in [6.07, 6.45) is 27.1. The Bertz CT molecular complexity index is 3570. The number of para-hydroxylation sites is 3. The van der Waals surface area contributed by atoms with E-state index in [9.17, 15) is 0 Å². The van der Waals surface area contributed by atoms with Gasteiger partial charge in [0.1, 0.15) is 0 Å². The number of rotatable bonds is 10. The van der Waals surface area contributed by atoms with Gasteiger partial charge in [-0.05, 0) is 195 Å². The lowest BCUT2D eigenvalue weighted by molar-refractivity contribution is 0.326. The zero-order chi connectivity index (χ0) is 51.1. The van der Waals surface area contributed by atoms with Crippen LogP contribution in [-0.2, 0) is 10.8 Å². The van der Waals surface area contributed by atoms with E-state index in [0.29, 0.717) is 5.92 Å². The van der Waals surface area contributed by atoms with Crippen LogP contribution in [0.4, 0.5) is 28.4 Å². The standard InChI is InChI=1S/C72H68N2/c1-48(72(9)42-41-63-62-40-36-57(46-67(62)71(7,8)68(63)47-72)74(54-28-18-12-19-29-54)55-30-20-13-21-31-55)33-37-58-49(2)69(3,4)64-43-50(23-22-32-59(58)64)51-34-38-60-61-39-35-56(45-66(61)70(5,6)65(60)44-51)73(52-24-14-10-15-25-52)53-26-16-11-17-27-53/h10,12-16,18-22,24-41,43-48H,11,17,42H2,1-9H3/b37-33-. The van der Waals surface area contributed by atoms with Gasteiger partial charge in [-0.25, -0.2) is 0 Å². The van der Waals surface area contributed by atoms with Crippen LogP contribution in [0.3, 0.4) is 0 Å². The molecular weight excluding hydrogens is 893 g/mol. The summed E-state index contributed by atoms with van der Waals surface area (Å²) in [7, 11) is 0. The van der Waals surface area contributed by atoms with Crippen molar-refractivity contribution in [1.29, 1.82) is 0 Å². The van der Waals surface area contributed by atoms with Crippen molar-refractivity contribution in [2.45, 2.75) is 92.4 Å². The smallest absolute Gasteiger partial charge is 0.0465 e. The summed E-state index contributed by atoms with van der Waals surface area (Å²) < 4.78 is 0. The molecular formula is C72H68N2. The van der Waals surface area contributed by atoms with E-state index in [1.165, 1.54) is 95.1 Å². The van der Waals surface area contributed by atoms with E-state index >= 15 is 0 Å². The number of fused-ring (bicyclic) bond motifs is 7. The molecule has 0 radical (unpaired) electrons. The topological polar surface area (TPSA) is 6.48 Å². The number of allylic oxidation sites excluding steroid dienone is 16. The van der Waals surface area contributed by atoms with Crippen molar-refractivity contribution in [3.63, 3.8) is 0 Å². The summed E-state index contributed by atoms with van der Waals surface area (Å²) in [4.78, 5) is 4.80. The van der Waals surface area contributed by atoms with Crippen molar-refractivity contribution in [2.75, 3.05) is 9.80 Å². The molecule has 74 heavy (non-hydrogen) atoms. The van der Waals surface area contributed by atoms with Crippen molar-refractivity contribution in [1.82, 2.24) is 0 Å². The number of nitrogens with zero attached hydrogens (tertiary/aromatic N) is 2. The van der Waals surface area contributed by atoms with Gasteiger partial charge in [0.15, 0.2) is 0 Å². The van der Waals surface area contributed by atoms with Crippen LogP contribution >= 0.6 is 0 Å². The minimum Gasteiger partial charge on any atom is -0.311 e. The lowest BCUT2D eigenvalue weighted by Crippen LogP contribution is -2.27. The molecule has 0 spiro atoms. The van der Waals surface area contributed by atoms with E-state index in [0.717, 1.165) is 36.2 Å². The van der Waals surface area contributed by atoms with E-state index < -0.39 is 0 Å². The number of hydrogen-bond acceptors (Lipinski definition) is 2. The van der Waals surface area contributed by atoms with Gasteiger partial charge in [-0.2, -0.15) is 0 Å². The highest BCUT2D eigenvalue weighted by Crippen LogP contribution is 2.58. The summed E-state index contributed by atoms with van der Waals surface area (Å²) in [5.41, 5.74) is 29.1. The third-order valence-electron chi connectivity index (χ3n) is 17.9. The van der Waals surface area contributed by atoms with Gasteiger partial charge in [0.05, 0.1) is 0 Å². The lowest BCUT2D eigenvalue weighted by Gasteiger charge is -2.36. The summed E-state index contributed by atoms with van der Waals surface area (Å²) in [6.45, 7) is 21.7. The lowest BCUT2D eigenvalue weighted by atomic mass is 9.67. The Morgan fingerprint density at radius 1 is 0.554 bits per heavy atom. The first-order valence-electron chi connectivity index (χ1n) is 27.0. The van der Waals surface area contributed by atoms with Crippen molar-refractivity contribution >= 4 is 39.6 Å². The van der Waals surface area contributed by atoms with Crippen LogP contribution in [0.25, 0.3) is 22.3 Å². The number of hydrogen-bond donors (Lipinski definition) is 0. The van der Waals surface area contributed by atoms with E-state index in [1.807, 2.05) is 0 Å². The zero-order valence-corrected chi connectivity index (χ0v) is 44.7. The van der Waals surface area contributed by atoms with Crippen LogP contribution in [0, 0.1) is 16.7 Å². The van der Waals surface area contributed by atoms with E-state index in [2.05, 4.69) is 284 Å². The summed E-state index contributed by atoms with van der Waals surface area (Å²) >= 11 is 0. The molecule has 2 nitrogen and oxygen atoms in total. The van der Waals surface area contributed by atoms with Gasteiger partial charge >= 0.3 is 0 Å². The molecule has 0 saturated heterocycles. The largest absolute Gasteiger partial charge is 0.311 e. The van der Waals surface area contributed by atoms with Gasteiger partial charge in [0.25, 0.3) is 0 Å². The molecule has 0 N–H and O–H groups in total. The molecule has 2 unspecified atom stereocenters. The molecule has 6 aromatic carbocycles. The van der Waals surface area contributed by atoms with Gasteiger partial charge in [-0.3, -0.25) is 0 Å². The molecule has 2 heteroatoms. The fourth-order valence-electron chi connectivity index (χ4n) is 12.9. The third kappa shape index (κ3) is 7.68. The van der Waals surface area contributed by atoms with E-state index in [-0.39, 0.29) is 21.7 Å². The molecule has 0 fully saturated rings. The van der Waals surface area contributed by atoms with Crippen molar-refractivity contribution in [3.05, 3.63) is 273 Å². The molecule has 6 aliphatic carbocycles. The van der Waals surface area contributed by atoms with Crippen LogP contribution in [0.15, 0.2) is 246 Å². The highest BCUT2D eigenvalue weighted by atomic mass is 15.1. The Kier molecular flexibility index (Phi) is 11.4. The predicted octanol–water partition coefficient (Wildman–Crippen LogP) is 19.5. The van der Waals surface area contributed by atoms with Gasteiger partial charge in [-0.15, -0.1) is 5.73 Å². The first-order valence-corrected chi connectivity index (χ1v) is 27.0. The van der Waals surface area contributed by atoms with Gasteiger partial charge < -0.3 is 9.80 Å². The maximum Gasteiger partial charge on any atom is 0.0465 e. The molecule has 6 aromatic rings. The molecule has 0 saturated carbocycles. The highest BCUT2D eigenvalue weighted by molar-refractivity contribution is 5.93. The molecule has 0 aliphatic heterocycles. The average molecular weight is 961 g/mol. The second-order valence-electron chi connectivity index (χ2n) is 23.3. The second-order valence-corrected chi connectivity index (χ2v) is 23.3. The molecule has 0 aromatic heterocycles. The van der Waals surface area contributed by atoms with Crippen molar-refractivity contribution in [3.8, 4) is 11.1 Å². The second kappa shape index (κ2) is 17.8. The molecule has 0 amide bonds. The van der Waals surface area contributed by atoms with Crippen molar-refractivity contribution < 1.29 is 0 Å². The van der Waals surface area contributed by atoms with E-state index in [1.54, 1.807) is 0 Å². The first kappa shape index (κ1) is 47.4. The quantitative estimate of drug-likeness (QED) is 0.126. The summed E-state index contributed by atoms with van der Waals surface area (Å²) in [5, 5.41) is 0. The van der Waals surface area contributed by atoms with Gasteiger partial charge in [0, 0.05) is 56.0 Å². The fraction of sp³-hybridized carbons (Fsp3) is 0.236.